The summed E-state index contributed by atoms with van der Waals surface area (Å²) in [4.78, 5) is 9.60. The molecule has 0 bridgehead atoms. The van der Waals surface area contributed by atoms with Crippen LogP contribution in [0.25, 0.3) is 39.4 Å². The first-order valence-electron chi connectivity index (χ1n) is 10.5. The maximum Gasteiger partial charge on any atom is 0.0790 e. The molecule has 0 unspecified atom stereocenters. The van der Waals surface area contributed by atoms with E-state index >= 15 is 0 Å². The number of fused-ring (bicyclic) bond motifs is 1. The number of pyridine rings is 2. The van der Waals surface area contributed by atoms with E-state index in [1.807, 2.05) is 12.1 Å². The Bertz CT molecular complexity index is 1240. The fourth-order valence-electron chi connectivity index (χ4n) is 4.55. The van der Waals surface area contributed by atoms with Gasteiger partial charge in [0.05, 0.1) is 16.9 Å². The van der Waals surface area contributed by atoms with Crippen LogP contribution in [0.2, 0.25) is 0 Å². The van der Waals surface area contributed by atoms with Crippen molar-refractivity contribution in [1.29, 1.82) is 0 Å². The quantitative estimate of drug-likeness (QED) is 0.447. The number of hydrogen-bond acceptors (Lipinski definition) is 3. The summed E-state index contributed by atoms with van der Waals surface area (Å²) in [5, 5.41) is 1.06. The van der Waals surface area contributed by atoms with Crippen LogP contribution in [0.4, 0.5) is 0 Å². The molecule has 0 saturated heterocycles. The minimum Gasteiger partial charge on any atom is -0.321 e. The summed E-state index contributed by atoms with van der Waals surface area (Å²) in [6.45, 7) is 6.10. The number of hydrogen-bond donors (Lipinski definition) is 1. The molecule has 3 nitrogen and oxygen atoms in total. The highest BCUT2D eigenvalue weighted by atomic mass is 14.8. The molecule has 0 spiro atoms. The van der Waals surface area contributed by atoms with Crippen molar-refractivity contribution >= 4 is 17.0 Å². The van der Waals surface area contributed by atoms with E-state index in [0.29, 0.717) is 0 Å². The van der Waals surface area contributed by atoms with Gasteiger partial charge in [-0.05, 0) is 55.0 Å². The first kappa shape index (κ1) is 18.7. The fourth-order valence-corrected chi connectivity index (χ4v) is 4.55. The van der Waals surface area contributed by atoms with E-state index in [2.05, 4.69) is 67.0 Å². The molecule has 4 aromatic rings. The van der Waals surface area contributed by atoms with Crippen LogP contribution in [-0.2, 0) is 5.54 Å². The summed E-state index contributed by atoms with van der Waals surface area (Å²) < 4.78 is 0. The summed E-state index contributed by atoms with van der Waals surface area (Å²) in [5.74, 6) is 0. The van der Waals surface area contributed by atoms with Crippen LogP contribution in [0.5, 0.6) is 0 Å². The Morgan fingerprint density at radius 2 is 1.70 bits per heavy atom. The average molecular weight is 392 g/mol. The molecule has 0 aliphatic heterocycles. The Kier molecular flexibility index (Phi) is 4.48. The smallest absolute Gasteiger partial charge is 0.0790 e. The van der Waals surface area contributed by atoms with Crippen molar-refractivity contribution in [2.45, 2.75) is 31.7 Å². The van der Waals surface area contributed by atoms with Crippen LogP contribution >= 0.6 is 0 Å². The predicted molar refractivity (Wildman–Crippen MR) is 125 cm³/mol. The summed E-state index contributed by atoms with van der Waals surface area (Å²) in [5.41, 5.74) is 14.9. The van der Waals surface area contributed by atoms with Crippen LogP contribution in [0.15, 0.2) is 73.4 Å². The van der Waals surface area contributed by atoms with Crippen molar-refractivity contribution < 1.29 is 0 Å². The zero-order valence-corrected chi connectivity index (χ0v) is 17.2. The zero-order chi connectivity index (χ0) is 20.7. The molecule has 148 valence electrons. The standard InChI is InChI=1S/C27H25N3/c1-3-22-25-18(2)24(19-8-5-4-6-9-19)26(30-23(25)14-17-29-22)20-10-12-21(13-11-20)27(28)15-7-16-27/h3-6,8-14,17H,1,7,15-16,28H2,2H3. The predicted octanol–water partition coefficient (Wildman–Crippen LogP) is 6.25. The summed E-state index contributed by atoms with van der Waals surface area (Å²) >= 11 is 0. The number of nitrogens with zero attached hydrogens (tertiary/aromatic N) is 2. The lowest BCUT2D eigenvalue weighted by atomic mass is 9.72. The molecule has 1 fully saturated rings. The highest BCUT2D eigenvalue weighted by Crippen LogP contribution is 2.41. The fraction of sp³-hybridized carbons (Fsp3) is 0.185. The SMILES string of the molecule is C=Cc1nccc2nc(-c3ccc(C4(N)CCC4)cc3)c(-c3ccccc3)c(C)c12. The lowest BCUT2D eigenvalue weighted by molar-refractivity contribution is 0.253. The van der Waals surface area contributed by atoms with Crippen molar-refractivity contribution in [3.8, 4) is 22.4 Å². The second-order valence-corrected chi connectivity index (χ2v) is 8.21. The van der Waals surface area contributed by atoms with E-state index in [9.17, 15) is 0 Å². The number of nitrogens with two attached hydrogens (primary N) is 1. The van der Waals surface area contributed by atoms with Crippen molar-refractivity contribution in [3.63, 3.8) is 0 Å². The van der Waals surface area contributed by atoms with E-state index in [1.54, 1.807) is 12.3 Å². The van der Waals surface area contributed by atoms with Crippen LogP contribution in [0.3, 0.4) is 0 Å². The number of rotatable bonds is 4. The van der Waals surface area contributed by atoms with E-state index in [0.717, 1.165) is 51.8 Å². The molecule has 1 aliphatic rings. The average Bonchev–Trinajstić information content (AvgIpc) is 2.77. The first-order chi connectivity index (χ1) is 14.6. The van der Waals surface area contributed by atoms with Crippen molar-refractivity contribution in [1.82, 2.24) is 9.97 Å². The monoisotopic (exact) mass is 391 g/mol. The third-order valence-electron chi connectivity index (χ3n) is 6.41. The van der Waals surface area contributed by atoms with Gasteiger partial charge in [-0.3, -0.25) is 4.98 Å². The summed E-state index contributed by atoms with van der Waals surface area (Å²) in [6, 6.07) is 21.1. The van der Waals surface area contributed by atoms with Gasteiger partial charge in [0.25, 0.3) is 0 Å². The lowest BCUT2D eigenvalue weighted by Gasteiger charge is -2.38. The van der Waals surface area contributed by atoms with Gasteiger partial charge in [0.2, 0.25) is 0 Å². The number of aryl methyl sites for hydroxylation is 1. The molecule has 3 heteroatoms. The van der Waals surface area contributed by atoms with Crippen molar-refractivity contribution in [2.24, 2.45) is 5.73 Å². The molecule has 0 amide bonds. The summed E-state index contributed by atoms with van der Waals surface area (Å²) in [6.07, 6.45) is 6.94. The summed E-state index contributed by atoms with van der Waals surface area (Å²) in [7, 11) is 0. The lowest BCUT2D eigenvalue weighted by Crippen LogP contribution is -2.43. The molecule has 2 aromatic carbocycles. The Labute approximate surface area is 177 Å². The molecule has 2 heterocycles. The van der Waals surface area contributed by atoms with E-state index < -0.39 is 0 Å². The van der Waals surface area contributed by atoms with Gasteiger partial charge in [0.15, 0.2) is 0 Å². The van der Waals surface area contributed by atoms with Gasteiger partial charge in [0, 0.05) is 28.2 Å². The van der Waals surface area contributed by atoms with Crippen LogP contribution in [0, 0.1) is 6.92 Å². The van der Waals surface area contributed by atoms with E-state index in [1.165, 1.54) is 17.5 Å². The van der Waals surface area contributed by atoms with Crippen LogP contribution < -0.4 is 5.73 Å². The third kappa shape index (κ3) is 2.94. The topological polar surface area (TPSA) is 51.8 Å². The molecule has 2 N–H and O–H groups in total. The third-order valence-corrected chi connectivity index (χ3v) is 6.41. The Morgan fingerprint density at radius 1 is 0.967 bits per heavy atom. The molecule has 0 atom stereocenters. The highest BCUT2D eigenvalue weighted by molar-refractivity contribution is 5.98. The van der Waals surface area contributed by atoms with Gasteiger partial charge < -0.3 is 5.73 Å². The van der Waals surface area contributed by atoms with Gasteiger partial charge in [0.1, 0.15) is 0 Å². The molecular weight excluding hydrogens is 366 g/mol. The van der Waals surface area contributed by atoms with Gasteiger partial charge in [-0.25, -0.2) is 4.98 Å². The molecular formula is C27H25N3. The normalized spacial score (nSPS) is 15.0. The van der Waals surface area contributed by atoms with Gasteiger partial charge in [-0.15, -0.1) is 0 Å². The number of aromatic nitrogens is 2. The van der Waals surface area contributed by atoms with E-state index in [-0.39, 0.29) is 5.54 Å². The van der Waals surface area contributed by atoms with Gasteiger partial charge in [-0.1, -0.05) is 61.2 Å². The van der Waals surface area contributed by atoms with Crippen LogP contribution in [0.1, 0.15) is 36.1 Å². The molecule has 1 saturated carbocycles. The molecule has 2 aromatic heterocycles. The van der Waals surface area contributed by atoms with Gasteiger partial charge in [-0.2, -0.15) is 0 Å². The van der Waals surface area contributed by atoms with E-state index in [4.69, 9.17) is 10.7 Å². The minimum atomic E-state index is -0.155. The highest BCUT2D eigenvalue weighted by Gasteiger charge is 2.34. The number of benzene rings is 2. The minimum absolute atomic E-state index is 0.155. The largest absolute Gasteiger partial charge is 0.321 e. The maximum absolute atomic E-state index is 6.53. The maximum atomic E-state index is 6.53. The van der Waals surface area contributed by atoms with Crippen molar-refractivity contribution in [2.75, 3.05) is 0 Å². The Morgan fingerprint density at radius 3 is 2.33 bits per heavy atom. The molecule has 1 aliphatic carbocycles. The molecule has 30 heavy (non-hydrogen) atoms. The zero-order valence-electron chi connectivity index (χ0n) is 17.2. The van der Waals surface area contributed by atoms with Crippen LogP contribution in [-0.4, -0.2) is 9.97 Å². The Balaban J connectivity index is 1.76. The van der Waals surface area contributed by atoms with Gasteiger partial charge >= 0.3 is 0 Å². The second-order valence-electron chi connectivity index (χ2n) is 8.21. The van der Waals surface area contributed by atoms with Crippen molar-refractivity contribution in [3.05, 3.63) is 90.3 Å². The molecule has 0 radical (unpaired) electrons. The second kappa shape index (κ2) is 7.19. The Hall–Kier alpha value is -3.30. The molecule has 5 rings (SSSR count). The first-order valence-corrected chi connectivity index (χ1v) is 10.5.